The lowest BCUT2D eigenvalue weighted by molar-refractivity contribution is 0.683. The molecule has 120 valence electrons. The van der Waals surface area contributed by atoms with Gasteiger partial charge in [0.25, 0.3) is 0 Å². The van der Waals surface area contributed by atoms with Crippen molar-refractivity contribution in [3.05, 3.63) is 35.9 Å². The number of hydrogen-bond donors (Lipinski definition) is 0. The van der Waals surface area contributed by atoms with E-state index in [-0.39, 0.29) is 0 Å². The average molecular weight is 353 g/mol. The second-order valence-electron chi connectivity index (χ2n) is 5.19. The van der Waals surface area contributed by atoms with Gasteiger partial charge in [0.1, 0.15) is 0 Å². The van der Waals surface area contributed by atoms with Crippen LogP contribution >= 0.6 is 35.3 Å². The molecular formula is C17H24N2S3. The number of benzene rings is 1. The van der Waals surface area contributed by atoms with Crippen molar-refractivity contribution in [2.75, 3.05) is 12.5 Å². The van der Waals surface area contributed by atoms with Crippen LogP contribution in [-0.4, -0.2) is 23.4 Å². The van der Waals surface area contributed by atoms with Crippen molar-refractivity contribution in [3.8, 4) is 0 Å². The molecule has 0 spiro atoms. The highest BCUT2D eigenvalue weighted by atomic mass is 32.2. The maximum Gasteiger partial charge on any atom is 0.193 e. The van der Waals surface area contributed by atoms with E-state index in [1.54, 1.807) is 35.3 Å². The van der Waals surface area contributed by atoms with E-state index in [0.717, 1.165) is 22.3 Å². The third-order valence-corrected chi connectivity index (χ3v) is 5.15. The molecule has 0 N–H and O–H groups in total. The highest BCUT2D eigenvalue weighted by Gasteiger charge is 2.08. The Labute approximate surface area is 147 Å². The van der Waals surface area contributed by atoms with Gasteiger partial charge in [0, 0.05) is 15.5 Å². The Balaban J connectivity index is 3.06. The first kappa shape index (κ1) is 19.4. The number of amidine groups is 1. The van der Waals surface area contributed by atoms with Crippen LogP contribution in [0.15, 0.2) is 55.6 Å². The molecule has 0 aliphatic carbocycles. The molecule has 0 radical (unpaired) electrons. The van der Waals surface area contributed by atoms with Crippen LogP contribution in [0.2, 0.25) is 0 Å². The number of rotatable bonds is 6. The van der Waals surface area contributed by atoms with E-state index in [4.69, 9.17) is 4.99 Å². The van der Waals surface area contributed by atoms with Crippen molar-refractivity contribution in [1.29, 1.82) is 0 Å². The molecule has 0 bridgehead atoms. The molecule has 0 fully saturated rings. The fourth-order valence-corrected chi connectivity index (χ4v) is 3.79. The van der Waals surface area contributed by atoms with Crippen molar-refractivity contribution in [1.82, 2.24) is 0 Å². The summed E-state index contributed by atoms with van der Waals surface area (Å²) in [5.41, 5.74) is 1.11. The van der Waals surface area contributed by atoms with Gasteiger partial charge in [-0.3, -0.25) is 0 Å². The standard InChI is InChI=1S/C17H24N2S3/c1-12(2)11-13(3)18-17(19-14(4)20-5)22-16-10-8-7-9-15(16)21-6/h7-10,12H,4,11H2,1-3,5-6H3/b18-13+,19-17+. The minimum absolute atomic E-state index is 0.595. The zero-order valence-electron chi connectivity index (χ0n) is 13.9. The van der Waals surface area contributed by atoms with Gasteiger partial charge in [0.05, 0.1) is 5.03 Å². The normalized spacial score (nSPS) is 12.8. The Bertz CT molecular complexity index is 563. The monoisotopic (exact) mass is 352 g/mol. The molecule has 0 aliphatic heterocycles. The summed E-state index contributed by atoms with van der Waals surface area (Å²) in [7, 11) is 0. The minimum Gasteiger partial charge on any atom is -0.232 e. The zero-order valence-corrected chi connectivity index (χ0v) is 16.4. The second kappa shape index (κ2) is 10.2. The van der Waals surface area contributed by atoms with Crippen LogP contribution in [0.4, 0.5) is 0 Å². The average Bonchev–Trinajstić information content (AvgIpc) is 2.46. The van der Waals surface area contributed by atoms with Gasteiger partial charge >= 0.3 is 0 Å². The Morgan fingerprint density at radius 3 is 2.32 bits per heavy atom. The summed E-state index contributed by atoms with van der Waals surface area (Å²) in [6.07, 6.45) is 5.05. The van der Waals surface area contributed by atoms with Gasteiger partial charge < -0.3 is 0 Å². The predicted molar refractivity (Wildman–Crippen MR) is 107 cm³/mol. The van der Waals surface area contributed by atoms with Gasteiger partial charge in [-0.05, 0) is 55.7 Å². The van der Waals surface area contributed by atoms with Gasteiger partial charge in [-0.25, -0.2) is 9.98 Å². The Morgan fingerprint density at radius 2 is 1.77 bits per heavy atom. The van der Waals surface area contributed by atoms with E-state index in [1.807, 2.05) is 12.3 Å². The quantitative estimate of drug-likeness (QED) is 0.346. The highest BCUT2D eigenvalue weighted by Crippen LogP contribution is 2.31. The highest BCUT2D eigenvalue weighted by molar-refractivity contribution is 8.14. The summed E-state index contributed by atoms with van der Waals surface area (Å²) in [5, 5.41) is 1.55. The largest absolute Gasteiger partial charge is 0.232 e. The molecule has 0 saturated carbocycles. The number of aliphatic imine (C=N–C) groups is 2. The summed E-state index contributed by atoms with van der Waals surface area (Å²) >= 11 is 4.89. The Morgan fingerprint density at radius 1 is 1.14 bits per heavy atom. The predicted octanol–water partition coefficient (Wildman–Crippen LogP) is 6.20. The third-order valence-electron chi connectivity index (χ3n) is 2.72. The molecule has 0 aromatic heterocycles. The fourth-order valence-electron chi connectivity index (χ4n) is 1.82. The molecule has 0 saturated heterocycles. The van der Waals surface area contributed by atoms with Crippen molar-refractivity contribution in [3.63, 3.8) is 0 Å². The summed E-state index contributed by atoms with van der Waals surface area (Å²) in [5.74, 6) is 0.595. The second-order valence-corrected chi connectivity index (χ2v) is 7.93. The number of hydrogen-bond acceptors (Lipinski definition) is 4. The first-order chi connectivity index (χ1) is 10.5. The van der Waals surface area contributed by atoms with Crippen LogP contribution < -0.4 is 0 Å². The SMILES string of the molecule is C=C(/N=C(\N=C(/C)CC(C)C)Sc1ccccc1SC)SC. The topological polar surface area (TPSA) is 24.7 Å². The molecule has 2 nitrogen and oxygen atoms in total. The molecule has 5 heteroatoms. The molecule has 1 aromatic carbocycles. The molecule has 0 heterocycles. The van der Waals surface area contributed by atoms with Crippen LogP contribution in [0.25, 0.3) is 0 Å². The van der Waals surface area contributed by atoms with Crippen molar-refractivity contribution in [2.45, 2.75) is 37.0 Å². The lowest BCUT2D eigenvalue weighted by Gasteiger charge is -2.09. The molecule has 1 rings (SSSR count). The molecule has 1 aromatic rings. The van der Waals surface area contributed by atoms with E-state index in [9.17, 15) is 0 Å². The Hall–Kier alpha value is -0.650. The lowest BCUT2D eigenvalue weighted by Crippen LogP contribution is -2.01. The van der Waals surface area contributed by atoms with Crippen molar-refractivity contribution >= 4 is 46.2 Å². The van der Waals surface area contributed by atoms with Crippen LogP contribution in [0, 0.1) is 5.92 Å². The van der Waals surface area contributed by atoms with Crippen molar-refractivity contribution in [2.24, 2.45) is 15.9 Å². The van der Waals surface area contributed by atoms with E-state index in [2.05, 4.69) is 56.8 Å². The van der Waals surface area contributed by atoms with E-state index < -0.39 is 0 Å². The smallest absolute Gasteiger partial charge is 0.193 e. The van der Waals surface area contributed by atoms with Gasteiger partial charge in [-0.2, -0.15) is 0 Å². The van der Waals surface area contributed by atoms with E-state index >= 15 is 0 Å². The lowest BCUT2D eigenvalue weighted by atomic mass is 10.1. The van der Waals surface area contributed by atoms with Crippen LogP contribution in [0.1, 0.15) is 27.2 Å². The third kappa shape index (κ3) is 7.07. The molecule has 22 heavy (non-hydrogen) atoms. The van der Waals surface area contributed by atoms with Gasteiger partial charge in [0.2, 0.25) is 0 Å². The minimum atomic E-state index is 0.595. The summed E-state index contributed by atoms with van der Waals surface area (Å²) in [4.78, 5) is 11.7. The van der Waals surface area contributed by atoms with Gasteiger partial charge in [0.15, 0.2) is 5.17 Å². The molecule has 0 amide bonds. The van der Waals surface area contributed by atoms with Gasteiger partial charge in [-0.15, -0.1) is 23.5 Å². The molecule has 0 aliphatic rings. The zero-order chi connectivity index (χ0) is 16.5. The van der Waals surface area contributed by atoms with E-state index in [0.29, 0.717) is 5.92 Å². The fraction of sp³-hybridized carbons (Fsp3) is 0.412. The summed E-state index contributed by atoms with van der Waals surface area (Å²) in [6, 6.07) is 8.34. The maximum absolute atomic E-state index is 4.72. The van der Waals surface area contributed by atoms with Crippen LogP contribution in [0.3, 0.4) is 0 Å². The summed E-state index contributed by atoms with van der Waals surface area (Å²) in [6.45, 7) is 10.4. The number of nitrogens with zero attached hydrogens (tertiary/aromatic N) is 2. The Kier molecular flexibility index (Phi) is 8.98. The van der Waals surface area contributed by atoms with E-state index in [1.165, 1.54) is 9.79 Å². The van der Waals surface area contributed by atoms with Crippen LogP contribution in [0.5, 0.6) is 0 Å². The molecule has 0 unspecified atom stereocenters. The van der Waals surface area contributed by atoms with Gasteiger partial charge in [-0.1, -0.05) is 32.6 Å². The first-order valence-electron chi connectivity index (χ1n) is 7.12. The van der Waals surface area contributed by atoms with Crippen molar-refractivity contribution < 1.29 is 0 Å². The molecule has 0 atom stereocenters. The maximum atomic E-state index is 4.72. The number of thioether (sulfide) groups is 3. The molecular weight excluding hydrogens is 328 g/mol. The first-order valence-corrected chi connectivity index (χ1v) is 10.4. The van der Waals surface area contributed by atoms with Crippen LogP contribution in [-0.2, 0) is 0 Å². The summed E-state index contributed by atoms with van der Waals surface area (Å²) < 4.78 is 0.